The molecule has 0 heterocycles. The van der Waals surface area contributed by atoms with E-state index < -0.39 is 46.7 Å². The summed E-state index contributed by atoms with van der Waals surface area (Å²) in [4.78, 5) is 20.8. The van der Waals surface area contributed by atoms with Gasteiger partial charge in [0, 0.05) is 6.42 Å². The number of hydrogen-bond donors (Lipinski definition) is 4. The average molecular weight is 240 g/mol. The van der Waals surface area contributed by atoms with E-state index in [1.54, 1.807) is 4.72 Å². The van der Waals surface area contributed by atoms with Crippen molar-refractivity contribution < 1.29 is 28.2 Å². The lowest BCUT2D eigenvalue weighted by molar-refractivity contribution is -0.138. The first-order valence-electron chi connectivity index (χ1n) is 3.94. The third-order valence-corrected chi connectivity index (χ3v) is 3.31. The SMILES string of the molecule is NCNS(=O)(=O)C(CCC(=O)O)C(=O)O. The van der Waals surface area contributed by atoms with E-state index in [4.69, 9.17) is 15.9 Å². The van der Waals surface area contributed by atoms with Gasteiger partial charge >= 0.3 is 11.9 Å². The van der Waals surface area contributed by atoms with Crippen LogP contribution >= 0.6 is 0 Å². The number of nitrogens with one attached hydrogen (secondary N) is 1. The Labute approximate surface area is 86.1 Å². The summed E-state index contributed by atoms with van der Waals surface area (Å²) in [5.74, 6) is -2.86. The predicted molar refractivity (Wildman–Crippen MR) is 49.4 cm³/mol. The second-order valence-corrected chi connectivity index (χ2v) is 4.60. The third kappa shape index (κ3) is 4.72. The van der Waals surface area contributed by atoms with Crippen LogP contribution in [0.15, 0.2) is 0 Å². The molecule has 0 aromatic heterocycles. The first kappa shape index (κ1) is 13.8. The Bertz CT molecular complexity index is 338. The molecule has 0 rings (SSSR count). The minimum Gasteiger partial charge on any atom is -0.481 e. The van der Waals surface area contributed by atoms with Crippen LogP contribution in [0.4, 0.5) is 0 Å². The van der Waals surface area contributed by atoms with E-state index in [0.717, 1.165) is 0 Å². The van der Waals surface area contributed by atoms with E-state index in [0.29, 0.717) is 0 Å². The Balaban J connectivity index is 4.67. The van der Waals surface area contributed by atoms with Gasteiger partial charge in [-0.15, -0.1) is 0 Å². The Morgan fingerprint density at radius 3 is 2.20 bits per heavy atom. The van der Waals surface area contributed by atoms with E-state index in [2.05, 4.69) is 0 Å². The highest BCUT2D eigenvalue weighted by Gasteiger charge is 2.32. The standard InChI is InChI=1S/C6H12N2O6S/c7-3-8-15(13,14)4(6(11)12)1-2-5(9)10/h4,8H,1-3,7H2,(H,9,10)(H,11,12). The zero-order chi connectivity index (χ0) is 12.1. The van der Waals surface area contributed by atoms with Gasteiger partial charge in [0.1, 0.15) is 0 Å². The molecule has 88 valence electrons. The molecule has 0 aliphatic carbocycles. The predicted octanol–water partition coefficient (Wildman–Crippen LogP) is -1.86. The molecule has 0 aliphatic heterocycles. The van der Waals surface area contributed by atoms with E-state index >= 15 is 0 Å². The molecular formula is C6H12N2O6S. The molecule has 0 amide bonds. The summed E-state index contributed by atoms with van der Waals surface area (Å²) in [6.45, 7) is -0.431. The Kier molecular flexibility index (Phi) is 5.19. The fourth-order valence-corrected chi connectivity index (χ4v) is 2.01. The summed E-state index contributed by atoms with van der Waals surface area (Å²) < 4.78 is 24.2. The van der Waals surface area contributed by atoms with Crippen LogP contribution in [0.5, 0.6) is 0 Å². The summed E-state index contributed by atoms with van der Waals surface area (Å²) in [7, 11) is -4.11. The molecule has 9 heteroatoms. The molecule has 0 aliphatic rings. The van der Waals surface area contributed by atoms with Crippen molar-refractivity contribution in [1.82, 2.24) is 4.72 Å². The molecule has 0 aromatic rings. The van der Waals surface area contributed by atoms with Crippen LogP contribution in [-0.2, 0) is 19.6 Å². The normalized spacial score (nSPS) is 13.4. The smallest absolute Gasteiger partial charge is 0.323 e. The van der Waals surface area contributed by atoms with Gasteiger partial charge in [0.2, 0.25) is 10.0 Å². The quantitative estimate of drug-likeness (QED) is 0.381. The van der Waals surface area contributed by atoms with E-state index in [9.17, 15) is 18.0 Å². The van der Waals surface area contributed by atoms with Gasteiger partial charge in [-0.25, -0.2) is 13.1 Å². The fourth-order valence-electron chi connectivity index (χ4n) is 0.883. The van der Waals surface area contributed by atoms with Gasteiger partial charge in [0.15, 0.2) is 5.25 Å². The lowest BCUT2D eigenvalue weighted by Crippen LogP contribution is -2.42. The van der Waals surface area contributed by atoms with Crippen molar-refractivity contribution in [2.45, 2.75) is 18.1 Å². The number of hydrogen-bond acceptors (Lipinski definition) is 5. The van der Waals surface area contributed by atoms with Crippen molar-refractivity contribution in [2.75, 3.05) is 6.67 Å². The first-order valence-corrected chi connectivity index (χ1v) is 5.49. The Morgan fingerprint density at radius 1 is 1.33 bits per heavy atom. The third-order valence-electron chi connectivity index (χ3n) is 1.55. The number of nitrogens with two attached hydrogens (primary N) is 1. The topological polar surface area (TPSA) is 147 Å². The highest BCUT2D eigenvalue weighted by Crippen LogP contribution is 2.07. The lowest BCUT2D eigenvalue weighted by Gasteiger charge is -2.12. The van der Waals surface area contributed by atoms with E-state index in [1.165, 1.54) is 0 Å². The van der Waals surface area contributed by atoms with Crippen LogP contribution in [0.1, 0.15) is 12.8 Å². The highest BCUT2D eigenvalue weighted by molar-refractivity contribution is 7.90. The zero-order valence-corrected chi connectivity index (χ0v) is 8.53. The van der Waals surface area contributed by atoms with Gasteiger partial charge < -0.3 is 15.9 Å². The van der Waals surface area contributed by atoms with Crippen LogP contribution in [0, 0.1) is 0 Å². The molecule has 5 N–H and O–H groups in total. The molecule has 15 heavy (non-hydrogen) atoms. The monoisotopic (exact) mass is 240 g/mol. The van der Waals surface area contributed by atoms with Crippen LogP contribution in [0.25, 0.3) is 0 Å². The van der Waals surface area contributed by atoms with Crippen molar-refractivity contribution in [1.29, 1.82) is 0 Å². The Hall–Kier alpha value is -1.19. The van der Waals surface area contributed by atoms with Gasteiger partial charge in [-0.1, -0.05) is 0 Å². The van der Waals surface area contributed by atoms with Gasteiger partial charge in [0.05, 0.1) is 6.67 Å². The summed E-state index contributed by atoms with van der Waals surface area (Å²) in [5.41, 5.74) is 4.91. The maximum Gasteiger partial charge on any atom is 0.323 e. The lowest BCUT2D eigenvalue weighted by atomic mass is 10.2. The van der Waals surface area contributed by atoms with Crippen LogP contribution < -0.4 is 10.5 Å². The molecule has 0 fully saturated rings. The van der Waals surface area contributed by atoms with E-state index in [-0.39, 0.29) is 0 Å². The largest absolute Gasteiger partial charge is 0.481 e. The van der Waals surface area contributed by atoms with Crippen molar-refractivity contribution in [2.24, 2.45) is 5.73 Å². The number of carboxylic acid groups (broad SMARTS) is 2. The van der Waals surface area contributed by atoms with Crippen molar-refractivity contribution >= 4 is 22.0 Å². The van der Waals surface area contributed by atoms with Crippen LogP contribution in [-0.4, -0.2) is 42.5 Å². The van der Waals surface area contributed by atoms with Crippen molar-refractivity contribution in [3.05, 3.63) is 0 Å². The zero-order valence-electron chi connectivity index (χ0n) is 7.71. The summed E-state index contributed by atoms with van der Waals surface area (Å²) in [6.07, 6.45) is -1.04. The minimum absolute atomic E-state index is 0.431. The maximum absolute atomic E-state index is 11.2. The van der Waals surface area contributed by atoms with Gasteiger partial charge in [0.25, 0.3) is 0 Å². The summed E-state index contributed by atoms with van der Waals surface area (Å²) >= 11 is 0. The second-order valence-electron chi connectivity index (χ2n) is 2.65. The molecule has 0 aromatic carbocycles. The molecule has 1 unspecified atom stereocenters. The highest BCUT2D eigenvalue weighted by atomic mass is 32.2. The number of carbonyl (C=O) groups is 2. The molecule has 0 bridgehead atoms. The number of aliphatic carboxylic acids is 2. The van der Waals surface area contributed by atoms with Gasteiger partial charge in [-0.05, 0) is 6.42 Å². The molecule has 0 radical (unpaired) electrons. The van der Waals surface area contributed by atoms with Crippen LogP contribution in [0.2, 0.25) is 0 Å². The minimum atomic E-state index is -4.11. The molecule has 8 nitrogen and oxygen atoms in total. The molecule has 0 saturated carbocycles. The number of sulfonamides is 1. The average Bonchev–Trinajstić information content (AvgIpc) is 2.01. The molecule has 0 spiro atoms. The fraction of sp³-hybridized carbons (Fsp3) is 0.667. The molecule has 1 atom stereocenters. The first-order chi connectivity index (χ1) is 6.81. The van der Waals surface area contributed by atoms with Crippen molar-refractivity contribution in [3.8, 4) is 0 Å². The van der Waals surface area contributed by atoms with E-state index in [1.807, 2.05) is 0 Å². The maximum atomic E-state index is 11.2. The summed E-state index contributed by atoms with van der Waals surface area (Å²) in [5, 5.41) is 15.1. The summed E-state index contributed by atoms with van der Waals surface area (Å²) in [6, 6.07) is 0. The number of rotatable bonds is 7. The van der Waals surface area contributed by atoms with Crippen molar-refractivity contribution in [3.63, 3.8) is 0 Å². The molecule has 0 saturated heterocycles. The number of carboxylic acids is 2. The van der Waals surface area contributed by atoms with Gasteiger partial charge in [-0.2, -0.15) is 0 Å². The van der Waals surface area contributed by atoms with Crippen LogP contribution in [0.3, 0.4) is 0 Å². The Morgan fingerprint density at radius 2 is 1.87 bits per heavy atom. The second kappa shape index (κ2) is 5.63. The van der Waals surface area contributed by atoms with Gasteiger partial charge in [-0.3, -0.25) is 9.59 Å². The molecular weight excluding hydrogens is 228 g/mol.